The summed E-state index contributed by atoms with van der Waals surface area (Å²) in [6, 6.07) is 3.67. The zero-order chi connectivity index (χ0) is 9.68. The first-order chi connectivity index (χ1) is 6.20. The topological polar surface area (TPSA) is 33.1 Å². The number of nitrogens with zero attached hydrogens (tertiary/aromatic N) is 1. The molecule has 0 aliphatic heterocycles. The first-order valence-corrected chi connectivity index (χ1v) is 4.41. The second-order valence-corrected chi connectivity index (χ2v) is 3.31. The fourth-order valence-corrected chi connectivity index (χ4v) is 1.07. The van der Waals surface area contributed by atoms with Crippen molar-refractivity contribution >= 4 is 0 Å². The molecule has 2 nitrogen and oxygen atoms in total. The number of aromatic nitrogens is 1. The molecule has 13 heavy (non-hydrogen) atoms. The van der Waals surface area contributed by atoms with E-state index in [1.165, 1.54) is 5.57 Å². The van der Waals surface area contributed by atoms with Gasteiger partial charge in [0.15, 0.2) is 0 Å². The minimum Gasteiger partial charge on any atom is -0.388 e. The molecule has 0 bridgehead atoms. The molecule has 1 heterocycles. The summed E-state index contributed by atoms with van der Waals surface area (Å²) in [5.74, 6) is 0. The van der Waals surface area contributed by atoms with Crippen molar-refractivity contribution in [2.24, 2.45) is 0 Å². The smallest absolute Gasteiger partial charge is 0.0825 e. The van der Waals surface area contributed by atoms with E-state index in [2.05, 4.69) is 4.98 Å². The highest BCUT2D eigenvalue weighted by Crippen LogP contribution is 2.16. The monoisotopic (exact) mass is 177 g/mol. The normalized spacial score (nSPS) is 12.2. The average Bonchev–Trinajstić information content (AvgIpc) is 2.15. The second-order valence-electron chi connectivity index (χ2n) is 3.31. The van der Waals surface area contributed by atoms with Gasteiger partial charge in [-0.05, 0) is 38.0 Å². The van der Waals surface area contributed by atoms with Gasteiger partial charge in [-0.3, -0.25) is 4.98 Å². The summed E-state index contributed by atoms with van der Waals surface area (Å²) < 4.78 is 0. The van der Waals surface area contributed by atoms with Crippen LogP contribution in [0.3, 0.4) is 0 Å². The molecule has 1 aromatic heterocycles. The highest BCUT2D eigenvalue weighted by molar-refractivity contribution is 5.14. The molecular weight excluding hydrogens is 162 g/mol. The fraction of sp³-hybridized carbons (Fsp3) is 0.364. The number of hydrogen-bond donors (Lipinski definition) is 1. The highest BCUT2D eigenvalue weighted by atomic mass is 16.3. The third kappa shape index (κ3) is 3.38. The Balaban J connectivity index is 2.59. The molecular formula is C11H15NO. The van der Waals surface area contributed by atoms with Gasteiger partial charge in [0.25, 0.3) is 0 Å². The number of allylic oxidation sites excluding steroid dienone is 1. The maximum atomic E-state index is 9.70. The lowest BCUT2D eigenvalue weighted by atomic mass is 10.1. The van der Waals surface area contributed by atoms with E-state index in [4.69, 9.17) is 0 Å². The predicted molar refractivity (Wildman–Crippen MR) is 53.2 cm³/mol. The Morgan fingerprint density at radius 2 is 2.08 bits per heavy atom. The largest absolute Gasteiger partial charge is 0.388 e. The number of aliphatic hydroxyl groups excluding tert-OH is 1. The first kappa shape index (κ1) is 9.93. The van der Waals surface area contributed by atoms with Crippen molar-refractivity contribution in [2.75, 3.05) is 0 Å². The maximum Gasteiger partial charge on any atom is 0.0825 e. The summed E-state index contributed by atoms with van der Waals surface area (Å²) in [4.78, 5) is 3.90. The minimum absolute atomic E-state index is 0.405. The molecule has 1 aromatic rings. The molecule has 0 aliphatic rings. The van der Waals surface area contributed by atoms with E-state index in [0.717, 1.165) is 5.56 Å². The van der Waals surface area contributed by atoms with Crippen LogP contribution < -0.4 is 0 Å². The Morgan fingerprint density at radius 1 is 1.46 bits per heavy atom. The van der Waals surface area contributed by atoms with E-state index >= 15 is 0 Å². The Hall–Kier alpha value is -1.15. The number of hydrogen-bond acceptors (Lipinski definition) is 2. The summed E-state index contributed by atoms with van der Waals surface area (Å²) in [6.45, 7) is 4.05. The van der Waals surface area contributed by atoms with Crippen molar-refractivity contribution in [2.45, 2.75) is 26.4 Å². The summed E-state index contributed by atoms with van der Waals surface area (Å²) in [5.41, 5.74) is 2.15. The quantitative estimate of drug-likeness (QED) is 0.719. The molecule has 1 unspecified atom stereocenters. The summed E-state index contributed by atoms with van der Waals surface area (Å²) in [5, 5.41) is 9.70. The molecule has 1 atom stereocenters. The summed E-state index contributed by atoms with van der Waals surface area (Å²) in [7, 11) is 0. The van der Waals surface area contributed by atoms with Gasteiger partial charge >= 0.3 is 0 Å². The van der Waals surface area contributed by atoms with Gasteiger partial charge in [0, 0.05) is 12.4 Å². The Kier molecular flexibility index (Phi) is 3.65. The molecule has 0 saturated heterocycles. The van der Waals surface area contributed by atoms with E-state index < -0.39 is 6.10 Å². The van der Waals surface area contributed by atoms with Crippen LogP contribution in [-0.4, -0.2) is 10.1 Å². The Morgan fingerprint density at radius 3 is 2.62 bits per heavy atom. The summed E-state index contributed by atoms with van der Waals surface area (Å²) in [6.07, 6.45) is 5.69. The molecule has 0 fully saturated rings. The van der Waals surface area contributed by atoms with E-state index in [9.17, 15) is 5.11 Å². The number of aliphatic hydroxyl groups is 1. The second kappa shape index (κ2) is 4.77. The summed E-state index contributed by atoms with van der Waals surface area (Å²) >= 11 is 0. The van der Waals surface area contributed by atoms with E-state index in [-0.39, 0.29) is 0 Å². The zero-order valence-electron chi connectivity index (χ0n) is 8.07. The van der Waals surface area contributed by atoms with Crippen LogP contribution in [-0.2, 0) is 0 Å². The van der Waals surface area contributed by atoms with Crippen LogP contribution in [0.25, 0.3) is 0 Å². The lowest BCUT2D eigenvalue weighted by Crippen LogP contribution is -1.95. The van der Waals surface area contributed by atoms with Crippen LogP contribution in [0.5, 0.6) is 0 Å². The van der Waals surface area contributed by atoms with Crippen molar-refractivity contribution in [3.63, 3.8) is 0 Å². The van der Waals surface area contributed by atoms with Crippen LogP contribution in [0.1, 0.15) is 31.9 Å². The van der Waals surface area contributed by atoms with E-state index in [1.54, 1.807) is 12.4 Å². The van der Waals surface area contributed by atoms with Crippen molar-refractivity contribution in [3.8, 4) is 0 Å². The van der Waals surface area contributed by atoms with Crippen molar-refractivity contribution in [1.29, 1.82) is 0 Å². The molecule has 0 aromatic carbocycles. The van der Waals surface area contributed by atoms with Crippen molar-refractivity contribution in [1.82, 2.24) is 4.98 Å². The van der Waals surface area contributed by atoms with Gasteiger partial charge in [0.05, 0.1) is 6.10 Å². The molecule has 0 aliphatic carbocycles. The van der Waals surface area contributed by atoms with Gasteiger partial charge < -0.3 is 5.11 Å². The molecule has 2 heteroatoms. The van der Waals surface area contributed by atoms with Gasteiger partial charge in [-0.25, -0.2) is 0 Å². The fourth-order valence-electron chi connectivity index (χ4n) is 1.07. The standard InChI is InChI=1S/C11H15NO/c1-9(2)3-4-11(13)10-5-7-12-8-6-10/h3,5-8,11,13H,4H2,1-2H3. The molecule has 70 valence electrons. The third-order valence-electron chi connectivity index (χ3n) is 1.84. The van der Waals surface area contributed by atoms with Crippen molar-refractivity contribution in [3.05, 3.63) is 41.7 Å². The van der Waals surface area contributed by atoms with Gasteiger partial charge in [-0.2, -0.15) is 0 Å². The van der Waals surface area contributed by atoms with Gasteiger partial charge in [0.2, 0.25) is 0 Å². The molecule has 0 radical (unpaired) electrons. The molecule has 0 spiro atoms. The lowest BCUT2D eigenvalue weighted by Gasteiger charge is -2.07. The SMILES string of the molecule is CC(C)=CCC(O)c1ccncc1. The molecule has 1 rings (SSSR count). The van der Waals surface area contributed by atoms with Crippen molar-refractivity contribution < 1.29 is 5.11 Å². The highest BCUT2D eigenvalue weighted by Gasteiger charge is 2.03. The predicted octanol–water partition coefficient (Wildman–Crippen LogP) is 2.47. The van der Waals surface area contributed by atoms with Gasteiger partial charge in [0.1, 0.15) is 0 Å². The number of rotatable bonds is 3. The third-order valence-corrected chi connectivity index (χ3v) is 1.84. The van der Waals surface area contributed by atoms with Crippen LogP contribution in [0, 0.1) is 0 Å². The maximum absolute atomic E-state index is 9.70. The van der Waals surface area contributed by atoms with Crippen LogP contribution in [0.4, 0.5) is 0 Å². The lowest BCUT2D eigenvalue weighted by molar-refractivity contribution is 0.181. The molecule has 1 N–H and O–H groups in total. The van der Waals surface area contributed by atoms with Gasteiger partial charge in [-0.15, -0.1) is 0 Å². The van der Waals surface area contributed by atoms with Crippen LogP contribution in [0.2, 0.25) is 0 Å². The van der Waals surface area contributed by atoms with Gasteiger partial charge in [-0.1, -0.05) is 11.6 Å². The van der Waals surface area contributed by atoms with Crippen LogP contribution in [0.15, 0.2) is 36.2 Å². The number of pyridine rings is 1. The molecule has 0 amide bonds. The van der Waals surface area contributed by atoms with E-state index in [0.29, 0.717) is 6.42 Å². The Bertz CT molecular complexity index is 275. The average molecular weight is 177 g/mol. The minimum atomic E-state index is -0.405. The van der Waals surface area contributed by atoms with Crippen LogP contribution >= 0.6 is 0 Å². The zero-order valence-corrected chi connectivity index (χ0v) is 8.07. The first-order valence-electron chi connectivity index (χ1n) is 4.41. The Labute approximate surface area is 78.9 Å². The molecule has 0 saturated carbocycles. The van der Waals surface area contributed by atoms with E-state index in [1.807, 2.05) is 32.1 Å².